The van der Waals surface area contributed by atoms with Gasteiger partial charge in [-0.2, -0.15) is 0 Å². The third-order valence-electron chi connectivity index (χ3n) is 4.35. The van der Waals surface area contributed by atoms with Crippen molar-refractivity contribution in [2.24, 2.45) is 0 Å². The van der Waals surface area contributed by atoms with Crippen LogP contribution in [0.15, 0.2) is 18.2 Å². The Bertz CT molecular complexity index is 397. The number of hydrogen-bond acceptors (Lipinski definition) is 1. The van der Waals surface area contributed by atoms with E-state index in [1.807, 2.05) is 0 Å². The van der Waals surface area contributed by atoms with Crippen LogP contribution >= 0.6 is 0 Å². The fraction of sp³-hybridized carbons (Fsp3) is 0.625. The molecule has 0 radical (unpaired) electrons. The Kier molecular flexibility index (Phi) is 3.19. The first kappa shape index (κ1) is 11.3. The first-order chi connectivity index (χ1) is 8.31. The number of aryl methyl sites for hydroxylation is 2. The van der Waals surface area contributed by atoms with Gasteiger partial charge >= 0.3 is 0 Å². The van der Waals surface area contributed by atoms with Crippen molar-refractivity contribution in [2.75, 3.05) is 0 Å². The summed E-state index contributed by atoms with van der Waals surface area (Å²) in [4.78, 5) is 0. The first-order valence-electron chi connectivity index (χ1n) is 7.18. The molecule has 17 heavy (non-hydrogen) atoms. The van der Waals surface area contributed by atoms with Crippen molar-refractivity contribution in [3.05, 3.63) is 34.9 Å². The summed E-state index contributed by atoms with van der Waals surface area (Å²) >= 11 is 0. The predicted octanol–water partition coefficient (Wildman–Crippen LogP) is 3.25. The summed E-state index contributed by atoms with van der Waals surface area (Å²) in [6, 6.07) is 8.60. The molecule has 1 saturated heterocycles. The van der Waals surface area contributed by atoms with Crippen LogP contribution in [0.2, 0.25) is 0 Å². The van der Waals surface area contributed by atoms with Crippen LogP contribution in [0.1, 0.15) is 49.3 Å². The van der Waals surface area contributed by atoms with E-state index in [-0.39, 0.29) is 0 Å². The zero-order valence-electron chi connectivity index (χ0n) is 10.8. The zero-order chi connectivity index (χ0) is 11.7. The molecule has 1 aromatic rings. The maximum atomic E-state index is 3.73. The molecule has 0 bridgehead atoms. The quantitative estimate of drug-likeness (QED) is 0.821. The first-order valence-corrected chi connectivity index (χ1v) is 7.18. The number of benzene rings is 1. The molecule has 1 aliphatic heterocycles. The standard InChI is InChI=1S/C16H23N/c1-12-4-2-7-16(17-12)11-13-8-9-14-5-3-6-15(14)10-13/h8-10,12,16-17H,2-7,11H2,1H3. The van der Waals surface area contributed by atoms with E-state index in [2.05, 4.69) is 30.4 Å². The lowest BCUT2D eigenvalue weighted by Gasteiger charge is -2.29. The maximum absolute atomic E-state index is 3.73. The second kappa shape index (κ2) is 4.81. The van der Waals surface area contributed by atoms with Crippen molar-refractivity contribution < 1.29 is 0 Å². The van der Waals surface area contributed by atoms with Gasteiger partial charge in [-0.1, -0.05) is 24.6 Å². The highest BCUT2D eigenvalue weighted by Gasteiger charge is 2.18. The van der Waals surface area contributed by atoms with Gasteiger partial charge in [-0.25, -0.2) is 0 Å². The summed E-state index contributed by atoms with van der Waals surface area (Å²) < 4.78 is 0. The van der Waals surface area contributed by atoms with Gasteiger partial charge in [-0.3, -0.25) is 0 Å². The third kappa shape index (κ3) is 2.55. The minimum atomic E-state index is 0.707. The van der Waals surface area contributed by atoms with Crippen molar-refractivity contribution in [3.63, 3.8) is 0 Å². The molecule has 1 nitrogen and oxygen atoms in total. The molecule has 1 fully saturated rings. The lowest BCUT2D eigenvalue weighted by Crippen LogP contribution is -2.41. The Labute approximate surface area is 105 Å². The molecule has 2 unspecified atom stereocenters. The van der Waals surface area contributed by atoms with Crippen LogP contribution in [0.5, 0.6) is 0 Å². The molecule has 1 heterocycles. The fourth-order valence-electron chi connectivity index (χ4n) is 3.44. The van der Waals surface area contributed by atoms with Crippen molar-refractivity contribution >= 4 is 0 Å². The average Bonchev–Trinajstić information content (AvgIpc) is 2.76. The SMILES string of the molecule is CC1CCCC(Cc2ccc3c(c2)CCC3)N1. The highest BCUT2D eigenvalue weighted by Crippen LogP contribution is 2.24. The van der Waals surface area contributed by atoms with E-state index in [1.165, 1.54) is 50.5 Å². The van der Waals surface area contributed by atoms with Gasteiger partial charge in [-0.15, -0.1) is 0 Å². The lowest BCUT2D eigenvalue weighted by atomic mass is 9.93. The van der Waals surface area contributed by atoms with E-state index in [9.17, 15) is 0 Å². The van der Waals surface area contributed by atoms with Crippen molar-refractivity contribution in [1.29, 1.82) is 0 Å². The van der Waals surface area contributed by atoms with Crippen LogP contribution in [0, 0.1) is 0 Å². The molecule has 92 valence electrons. The van der Waals surface area contributed by atoms with Crippen LogP contribution in [0.25, 0.3) is 0 Å². The molecule has 2 atom stereocenters. The monoisotopic (exact) mass is 229 g/mol. The predicted molar refractivity (Wildman–Crippen MR) is 72.4 cm³/mol. The highest BCUT2D eigenvalue weighted by molar-refractivity contribution is 5.35. The number of fused-ring (bicyclic) bond motifs is 1. The van der Waals surface area contributed by atoms with Crippen LogP contribution in [0.3, 0.4) is 0 Å². The summed E-state index contributed by atoms with van der Waals surface area (Å²) in [7, 11) is 0. The molecule has 0 aromatic heterocycles. The number of rotatable bonds is 2. The Morgan fingerprint density at radius 2 is 2.00 bits per heavy atom. The van der Waals surface area contributed by atoms with Crippen LogP contribution in [-0.2, 0) is 19.3 Å². The van der Waals surface area contributed by atoms with Crippen molar-refractivity contribution in [1.82, 2.24) is 5.32 Å². The molecule has 1 heteroatoms. The summed E-state index contributed by atoms with van der Waals surface area (Å²) in [6.07, 6.45) is 9.27. The van der Waals surface area contributed by atoms with E-state index in [1.54, 1.807) is 11.1 Å². The van der Waals surface area contributed by atoms with Crippen LogP contribution < -0.4 is 5.32 Å². The van der Waals surface area contributed by atoms with Gasteiger partial charge in [0.25, 0.3) is 0 Å². The Balaban J connectivity index is 1.68. The average molecular weight is 229 g/mol. The van der Waals surface area contributed by atoms with Gasteiger partial charge in [0.1, 0.15) is 0 Å². The molecule has 0 spiro atoms. The smallest absolute Gasteiger partial charge is 0.0110 e. The normalized spacial score (nSPS) is 28.1. The van der Waals surface area contributed by atoms with Crippen molar-refractivity contribution in [3.8, 4) is 0 Å². The number of nitrogens with one attached hydrogen (secondary N) is 1. The van der Waals surface area contributed by atoms with Gasteiger partial charge in [0.05, 0.1) is 0 Å². The molecule has 0 amide bonds. The summed E-state index contributed by atoms with van der Waals surface area (Å²) in [5.74, 6) is 0. The third-order valence-corrected chi connectivity index (χ3v) is 4.35. The van der Waals surface area contributed by atoms with Crippen LogP contribution in [-0.4, -0.2) is 12.1 Å². The molecule has 1 aliphatic carbocycles. The number of piperidine rings is 1. The lowest BCUT2D eigenvalue weighted by molar-refractivity contribution is 0.333. The molecule has 3 rings (SSSR count). The molecule has 1 N–H and O–H groups in total. The van der Waals surface area contributed by atoms with E-state index >= 15 is 0 Å². The number of hydrogen-bond donors (Lipinski definition) is 1. The molecule has 1 aromatic carbocycles. The second-order valence-corrected chi connectivity index (χ2v) is 5.86. The van der Waals surface area contributed by atoms with Crippen molar-refractivity contribution in [2.45, 2.75) is 64.0 Å². The molecular weight excluding hydrogens is 206 g/mol. The molecule has 0 saturated carbocycles. The highest BCUT2D eigenvalue weighted by atomic mass is 15.0. The van der Waals surface area contributed by atoms with E-state index < -0.39 is 0 Å². The summed E-state index contributed by atoms with van der Waals surface area (Å²) in [6.45, 7) is 2.31. The molecule has 2 aliphatic rings. The minimum absolute atomic E-state index is 0.707. The Hall–Kier alpha value is -0.820. The topological polar surface area (TPSA) is 12.0 Å². The van der Waals surface area contributed by atoms with E-state index in [4.69, 9.17) is 0 Å². The van der Waals surface area contributed by atoms with E-state index in [0.717, 1.165) is 0 Å². The fourth-order valence-corrected chi connectivity index (χ4v) is 3.44. The summed E-state index contributed by atoms with van der Waals surface area (Å²) in [5.41, 5.74) is 4.75. The van der Waals surface area contributed by atoms with Gasteiger partial charge in [0, 0.05) is 12.1 Å². The minimum Gasteiger partial charge on any atom is -0.311 e. The van der Waals surface area contributed by atoms with Gasteiger partial charge in [0.2, 0.25) is 0 Å². The Morgan fingerprint density at radius 3 is 2.88 bits per heavy atom. The van der Waals surface area contributed by atoms with Gasteiger partial charge in [0.15, 0.2) is 0 Å². The van der Waals surface area contributed by atoms with Gasteiger partial charge < -0.3 is 5.32 Å². The largest absolute Gasteiger partial charge is 0.311 e. The second-order valence-electron chi connectivity index (χ2n) is 5.86. The van der Waals surface area contributed by atoms with Gasteiger partial charge in [-0.05, 0) is 62.1 Å². The zero-order valence-corrected chi connectivity index (χ0v) is 10.8. The molecular formula is C16H23N. The maximum Gasteiger partial charge on any atom is 0.0110 e. The summed E-state index contributed by atoms with van der Waals surface area (Å²) in [5, 5.41) is 3.73. The van der Waals surface area contributed by atoms with Crippen LogP contribution in [0.4, 0.5) is 0 Å². The Morgan fingerprint density at radius 1 is 1.12 bits per heavy atom. The van der Waals surface area contributed by atoms with E-state index in [0.29, 0.717) is 12.1 Å².